The number of hydrogen-bond acceptors (Lipinski definition) is 6. The normalized spacial score (nSPS) is 18.6. The van der Waals surface area contributed by atoms with Gasteiger partial charge in [-0.15, -0.1) is 0 Å². The van der Waals surface area contributed by atoms with Gasteiger partial charge in [-0.2, -0.15) is 0 Å². The van der Waals surface area contributed by atoms with Crippen LogP contribution < -0.4 is 4.90 Å². The number of carbonyl (C=O) groups is 1. The van der Waals surface area contributed by atoms with E-state index in [2.05, 4.69) is 9.88 Å². The van der Waals surface area contributed by atoms with Crippen LogP contribution in [-0.4, -0.2) is 35.6 Å². The first-order valence-electron chi connectivity index (χ1n) is 6.55. The number of nitro groups is 1. The number of methoxy groups -OCH3 is 1. The van der Waals surface area contributed by atoms with Crippen LogP contribution in [0.4, 0.5) is 11.5 Å². The van der Waals surface area contributed by atoms with Crippen LogP contribution in [0.1, 0.15) is 25.7 Å². The fourth-order valence-corrected chi connectivity index (χ4v) is 2.48. The number of pyridine rings is 1. The Balaban J connectivity index is 2.14. The van der Waals surface area contributed by atoms with Gasteiger partial charge >= 0.3 is 11.8 Å². The third-order valence-corrected chi connectivity index (χ3v) is 3.51. The molecule has 1 aromatic rings. The molecule has 1 aliphatic rings. The molecule has 0 bridgehead atoms. The van der Waals surface area contributed by atoms with E-state index in [0.717, 1.165) is 31.5 Å². The molecule has 0 aliphatic carbocycles. The van der Waals surface area contributed by atoms with Crippen molar-refractivity contribution >= 4 is 17.5 Å². The maximum Gasteiger partial charge on any atom is 0.363 e. The van der Waals surface area contributed by atoms with Crippen LogP contribution in [0.25, 0.3) is 0 Å². The maximum absolute atomic E-state index is 11.4. The van der Waals surface area contributed by atoms with Gasteiger partial charge in [0, 0.05) is 18.7 Å². The van der Waals surface area contributed by atoms with Crippen molar-refractivity contribution in [3.05, 3.63) is 28.4 Å². The molecule has 1 unspecified atom stereocenters. The van der Waals surface area contributed by atoms with Crippen LogP contribution >= 0.6 is 0 Å². The summed E-state index contributed by atoms with van der Waals surface area (Å²) >= 11 is 0. The van der Waals surface area contributed by atoms with Gasteiger partial charge in [0.1, 0.15) is 0 Å². The quantitative estimate of drug-likeness (QED) is 0.475. The summed E-state index contributed by atoms with van der Waals surface area (Å²) in [7, 11) is 1.38. The molecular formula is C13H17N3O4. The van der Waals surface area contributed by atoms with Gasteiger partial charge in [-0.05, 0) is 35.2 Å². The molecule has 108 valence electrons. The van der Waals surface area contributed by atoms with Crippen molar-refractivity contribution in [2.24, 2.45) is 0 Å². The average Bonchev–Trinajstić information content (AvgIpc) is 2.48. The van der Waals surface area contributed by atoms with E-state index in [9.17, 15) is 14.9 Å². The highest BCUT2D eigenvalue weighted by atomic mass is 16.6. The minimum atomic E-state index is -0.522. The second-order valence-electron chi connectivity index (χ2n) is 4.75. The lowest BCUT2D eigenvalue weighted by atomic mass is 9.99. The molecule has 20 heavy (non-hydrogen) atoms. The van der Waals surface area contributed by atoms with E-state index >= 15 is 0 Å². The van der Waals surface area contributed by atoms with E-state index in [1.54, 1.807) is 6.07 Å². The molecule has 1 fully saturated rings. The van der Waals surface area contributed by atoms with E-state index in [-0.39, 0.29) is 17.8 Å². The molecule has 2 heterocycles. The number of aromatic nitrogens is 1. The van der Waals surface area contributed by atoms with Gasteiger partial charge in [0.2, 0.25) is 0 Å². The van der Waals surface area contributed by atoms with E-state index < -0.39 is 4.92 Å². The Morgan fingerprint density at radius 1 is 1.55 bits per heavy atom. The summed E-state index contributed by atoms with van der Waals surface area (Å²) in [6.45, 7) is 0.821. The fraction of sp³-hybridized carbons (Fsp3) is 0.538. The zero-order valence-corrected chi connectivity index (χ0v) is 11.3. The predicted molar refractivity (Wildman–Crippen MR) is 72.5 cm³/mol. The van der Waals surface area contributed by atoms with Gasteiger partial charge in [0.15, 0.2) is 6.20 Å². The smallest absolute Gasteiger partial charge is 0.363 e. The topological polar surface area (TPSA) is 85.6 Å². The molecule has 0 amide bonds. The third kappa shape index (κ3) is 3.23. The van der Waals surface area contributed by atoms with Crippen LogP contribution in [0.3, 0.4) is 0 Å². The first kappa shape index (κ1) is 14.2. The molecule has 0 radical (unpaired) electrons. The van der Waals surface area contributed by atoms with Gasteiger partial charge in [0.25, 0.3) is 0 Å². The lowest BCUT2D eigenvalue weighted by Crippen LogP contribution is -2.41. The van der Waals surface area contributed by atoms with Crippen molar-refractivity contribution < 1.29 is 14.5 Å². The molecule has 0 spiro atoms. The molecule has 7 nitrogen and oxygen atoms in total. The van der Waals surface area contributed by atoms with Crippen LogP contribution in [0, 0.1) is 10.1 Å². The Labute approximate surface area is 116 Å². The molecule has 1 aliphatic heterocycles. The van der Waals surface area contributed by atoms with Crippen molar-refractivity contribution in [1.82, 2.24) is 4.98 Å². The van der Waals surface area contributed by atoms with Crippen LogP contribution in [0.2, 0.25) is 0 Å². The molecule has 0 saturated carbocycles. The highest BCUT2D eigenvalue weighted by Crippen LogP contribution is 2.27. The first-order valence-corrected chi connectivity index (χ1v) is 6.55. The molecule has 7 heteroatoms. The minimum absolute atomic E-state index is 0.0689. The van der Waals surface area contributed by atoms with Crippen molar-refractivity contribution in [2.45, 2.75) is 31.7 Å². The summed E-state index contributed by atoms with van der Waals surface area (Å²) in [5, 5.41) is 10.6. The Morgan fingerprint density at radius 3 is 2.95 bits per heavy atom. The van der Waals surface area contributed by atoms with Crippen molar-refractivity contribution in [3.8, 4) is 0 Å². The summed E-state index contributed by atoms with van der Waals surface area (Å²) in [6, 6.07) is 3.14. The molecule has 1 aromatic heterocycles. The van der Waals surface area contributed by atoms with Crippen molar-refractivity contribution in [1.29, 1.82) is 0 Å². The lowest BCUT2D eigenvalue weighted by molar-refractivity contribution is -0.389. The number of anilines is 1. The second-order valence-corrected chi connectivity index (χ2v) is 4.75. The number of carbonyl (C=O) groups excluding carboxylic acids is 1. The predicted octanol–water partition coefficient (Wildman–Crippen LogP) is 1.91. The third-order valence-electron chi connectivity index (χ3n) is 3.51. The van der Waals surface area contributed by atoms with Gasteiger partial charge in [-0.25, -0.2) is 0 Å². The number of esters is 1. The summed E-state index contributed by atoms with van der Waals surface area (Å²) in [6.07, 6.45) is 4.83. The fourth-order valence-electron chi connectivity index (χ4n) is 2.48. The largest absolute Gasteiger partial charge is 0.469 e. The molecule has 2 rings (SSSR count). The Bertz CT molecular complexity index is 489. The Hall–Kier alpha value is -2.18. The molecular weight excluding hydrogens is 262 g/mol. The second kappa shape index (κ2) is 6.31. The summed E-state index contributed by atoms with van der Waals surface area (Å²) < 4.78 is 4.72. The summed E-state index contributed by atoms with van der Waals surface area (Å²) in [5.41, 5.74) is 0.809. The maximum atomic E-state index is 11.4. The van der Waals surface area contributed by atoms with Crippen LogP contribution in [-0.2, 0) is 9.53 Å². The SMILES string of the molecule is COC(=O)CC1CCCCN1c1ccc([N+](=O)[O-])nc1. The molecule has 1 saturated heterocycles. The van der Waals surface area contributed by atoms with E-state index in [0.29, 0.717) is 6.42 Å². The summed E-state index contributed by atoms with van der Waals surface area (Å²) in [4.78, 5) is 27.4. The highest BCUT2D eigenvalue weighted by molar-refractivity contribution is 5.71. The number of rotatable bonds is 4. The number of hydrogen-bond donors (Lipinski definition) is 0. The van der Waals surface area contributed by atoms with Crippen molar-refractivity contribution in [3.63, 3.8) is 0 Å². The van der Waals surface area contributed by atoms with Gasteiger partial charge in [-0.3, -0.25) is 4.79 Å². The highest BCUT2D eigenvalue weighted by Gasteiger charge is 2.26. The van der Waals surface area contributed by atoms with Gasteiger partial charge < -0.3 is 19.8 Å². The first-order chi connectivity index (χ1) is 9.61. The summed E-state index contributed by atoms with van der Waals surface area (Å²) in [5.74, 6) is -0.410. The monoisotopic (exact) mass is 279 g/mol. The number of piperidine rings is 1. The van der Waals surface area contributed by atoms with Crippen molar-refractivity contribution in [2.75, 3.05) is 18.6 Å². The van der Waals surface area contributed by atoms with Gasteiger partial charge in [-0.1, -0.05) is 0 Å². The van der Waals surface area contributed by atoms with Crippen LogP contribution in [0.15, 0.2) is 18.3 Å². The van der Waals surface area contributed by atoms with E-state index in [1.807, 2.05) is 0 Å². The Morgan fingerprint density at radius 2 is 2.35 bits per heavy atom. The molecule has 0 N–H and O–H groups in total. The standard InChI is InChI=1S/C13H17N3O4/c1-20-13(17)8-10-4-2-3-7-15(10)11-5-6-12(14-9-11)16(18)19/h5-6,9-10H,2-4,7-8H2,1H3. The number of ether oxygens (including phenoxy) is 1. The average molecular weight is 279 g/mol. The van der Waals surface area contributed by atoms with E-state index in [4.69, 9.17) is 4.74 Å². The zero-order valence-electron chi connectivity index (χ0n) is 11.3. The van der Waals surface area contributed by atoms with Gasteiger partial charge in [0.05, 0.1) is 19.2 Å². The zero-order chi connectivity index (χ0) is 14.5. The lowest BCUT2D eigenvalue weighted by Gasteiger charge is -2.36. The van der Waals surface area contributed by atoms with E-state index in [1.165, 1.54) is 19.4 Å². The number of nitrogens with zero attached hydrogens (tertiary/aromatic N) is 3. The Kier molecular flexibility index (Phi) is 4.49. The minimum Gasteiger partial charge on any atom is -0.469 e. The molecule has 1 atom stereocenters. The van der Waals surface area contributed by atoms with Crippen LogP contribution in [0.5, 0.6) is 0 Å². The molecule has 0 aromatic carbocycles.